The minimum atomic E-state index is -2.17. The number of rotatable bonds is 5. The van der Waals surface area contributed by atoms with E-state index in [4.69, 9.17) is 9.47 Å². The molecule has 0 heterocycles. The highest BCUT2D eigenvalue weighted by molar-refractivity contribution is 7.55. The lowest BCUT2D eigenvalue weighted by Gasteiger charge is -2.13. The summed E-state index contributed by atoms with van der Waals surface area (Å²) < 4.78 is 77.2. The number of halogens is 5. The minimum Gasteiger partial charge on any atom is -0.467 e. The summed E-state index contributed by atoms with van der Waals surface area (Å²) >= 11 is 0. The molecule has 8 heteroatoms. The number of benzene rings is 2. The minimum absolute atomic E-state index is 0.113. The van der Waals surface area contributed by atoms with Gasteiger partial charge in [-0.1, -0.05) is 11.6 Å². The first kappa shape index (κ1) is 17.6. The summed E-state index contributed by atoms with van der Waals surface area (Å²) in [6.07, 6.45) is 0. The molecule has 23 heavy (non-hydrogen) atoms. The van der Waals surface area contributed by atoms with E-state index >= 15 is 0 Å². The van der Waals surface area contributed by atoms with Crippen LogP contribution in [-0.2, 0) is 4.74 Å². The summed E-state index contributed by atoms with van der Waals surface area (Å²) in [5.41, 5.74) is 0.751. The fourth-order valence-electron chi connectivity index (χ4n) is 1.84. The van der Waals surface area contributed by atoms with Crippen LogP contribution in [0.15, 0.2) is 18.2 Å². The molecule has 2 nitrogen and oxygen atoms in total. The van der Waals surface area contributed by atoms with Gasteiger partial charge in [-0.05, 0) is 27.6 Å². The van der Waals surface area contributed by atoms with E-state index in [1.807, 2.05) is 0 Å². The third-order valence-electron chi connectivity index (χ3n) is 2.94. The highest BCUT2D eigenvalue weighted by Crippen LogP contribution is 2.26. The summed E-state index contributed by atoms with van der Waals surface area (Å²) in [5, 5.41) is -0.570. The first-order valence-electron chi connectivity index (χ1n) is 6.37. The van der Waals surface area contributed by atoms with E-state index in [2.05, 4.69) is 0 Å². The molecule has 0 saturated carbocycles. The smallest absolute Gasteiger partial charge is 0.200 e. The SMILES string of the molecule is COCOc1ccc(C)cc1Pc1c(F)c(F)c(F)c(F)c1F. The molecule has 0 radical (unpaired) electrons. The molecule has 0 spiro atoms. The van der Waals surface area contributed by atoms with Gasteiger partial charge < -0.3 is 9.47 Å². The van der Waals surface area contributed by atoms with Crippen LogP contribution in [0, 0.1) is 36.0 Å². The molecule has 0 aliphatic heterocycles. The molecular weight excluding hydrogens is 338 g/mol. The summed E-state index contributed by atoms with van der Waals surface area (Å²) in [5.74, 6) is -9.51. The molecule has 0 saturated heterocycles. The fraction of sp³-hybridized carbons (Fsp3) is 0.200. The van der Waals surface area contributed by atoms with E-state index in [9.17, 15) is 22.0 Å². The molecule has 2 rings (SSSR count). The maximum Gasteiger partial charge on any atom is 0.200 e. The molecule has 0 N–H and O–H groups in total. The first-order valence-corrected chi connectivity index (χ1v) is 7.37. The van der Waals surface area contributed by atoms with Crippen molar-refractivity contribution in [1.82, 2.24) is 0 Å². The van der Waals surface area contributed by atoms with Gasteiger partial charge in [-0.2, -0.15) is 0 Å². The number of hydrogen-bond donors (Lipinski definition) is 0. The second kappa shape index (κ2) is 7.23. The third kappa shape index (κ3) is 3.62. The quantitative estimate of drug-likeness (QED) is 0.271. The molecule has 2 aromatic carbocycles. The third-order valence-corrected chi connectivity index (χ3v) is 4.29. The number of methoxy groups -OCH3 is 1. The molecule has 0 aliphatic rings. The molecule has 0 aliphatic carbocycles. The first-order chi connectivity index (χ1) is 10.9. The van der Waals surface area contributed by atoms with Crippen molar-refractivity contribution in [2.75, 3.05) is 13.9 Å². The maximum atomic E-state index is 13.8. The molecule has 0 amide bonds. The van der Waals surface area contributed by atoms with Gasteiger partial charge in [0.1, 0.15) is 5.75 Å². The van der Waals surface area contributed by atoms with Gasteiger partial charge in [0.15, 0.2) is 30.1 Å². The summed E-state index contributed by atoms with van der Waals surface area (Å²) in [6, 6.07) is 4.79. The van der Waals surface area contributed by atoms with Crippen LogP contribution >= 0.6 is 8.58 Å². The van der Waals surface area contributed by atoms with Gasteiger partial charge in [0, 0.05) is 12.4 Å². The van der Waals surface area contributed by atoms with Crippen LogP contribution in [-0.4, -0.2) is 13.9 Å². The van der Waals surface area contributed by atoms with Gasteiger partial charge in [-0.25, -0.2) is 22.0 Å². The lowest BCUT2D eigenvalue weighted by Crippen LogP contribution is -2.20. The average Bonchev–Trinajstić information content (AvgIpc) is 2.54. The maximum absolute atomic E-state index is 13.8. The second-order valence-corrected chi connectivity index (χ2v) is 5.91. The highest BCUT2D eigenvalue weighted by Gasteiger charge is 2.26. The molecule has 1 unspecified atom stereocenters. The van der Waals surface area contributed by atoms with E-state index in [1.54, 1.807) is 25.1 Å². The number of hydrogen-bond acceptors (Lipinski definition) is 2. The normalized spacial score (nSPS) is 11.4. The number of ether oxygens (including phenoxy) is 2. The zero-order chi connectivity index (χ0) is 17.1. The Balaban J connectivity index is 2.49. The van der Waals surface area contributed by atoms with E-state index < -0.39 is 43.0 Å². The lowest BCUT2D eigenvalue weighted by atomic mass is 10.2. The Hall–Kier alpha value is -1.72. The Morgan fingerprint density at radius 2 is 1.48 bits per heavy atom. The van der Waals surface area contributed by atoms with Gasteiger partial charge in [-0.3, -0.25) is 0 Å². The Morgan fingerprint density at radius 3 is 2.04 bits per heavy atom. The van der Waals surface area contributed by atoms with E-state index in [0.29, 0.717) is 5.30 Å². The fourth-order valence-corrected chi connectivity index (χ4v) is 3.13. The molecule has 1 atom stereocenters. The summed E-state index contributed by atoms with van der Waals surface area (Å²) in [6.45, 7) is 1.62. The molecular formula is C15H12F5O2P. The standard InChI is InChI=1S/C15H12F5O2P/c1-7-3-4-8(22-6-21-2)9(5-7)23-15-13(19)11(17)10(16)12(18)14(15)20/h3-5,23H,6H2,1-2H3. The zero-order valence-electron chi connectivity index (χ0n) is 12.1. The monoisotopic (exact) mass is 350 g/mol. The summed E-state index contributed by atoms with van der Waals surface area (Å²) in [7, 11) is 0.582. The molecule has 124 valence electrons. The van der Waals surface area contributed by atoms with Gasteiger partial charge in [-0.15, -0.1) is 0 Å². The molecule has 2 aromatic rings. The van der Waals surface area contributed by atoms with Gasteiger partial charge in [0.25, 0.3) is 0 Å². The van der Waals surface area contributed by atoms with Crippen molar-refractivity contribution in [3.05, 3.63) is 52.8 Å². The van der Waals surface area contributed by atoms with Crippen molar-refractivity contribution in [1.29, 1.82) is 0 Å². The largest absolute Gasteiger partial charge is 0.467 e. The Morgan fingerprint density at radius 1 is 0.913 bits per heavy atom. The molecule has 0 aromatic heterocycles. The second-order valence-electron chi connectivity index (χ2n) is 4.62. The van der Waals surface area contributed by atoms with Crippen molar-refractivity contribution < 1.29 is 31.4 Å². The molecule has 0 bridgehead atoms. The van der Waals surface area contributed by atoms with E-state index in [-0.39, 0.29) is 12.5 Å². The van der Waals surface area contributed by atoms with Crippen molar-refractivity contribution >= 4 is 19.2 Å². The zero-order valence-corrected chi connectivity index (χ0v) is 13.1. The van der Waals surface area contributed by atoms with Gasteiger partial charge in [0.2, 0.25) is 5.82 Å². The Kier molecular flexibility index (Phi) is 5.55. The predicted octanol–water partition coefficient (Wildman–Crippen LogP) is 3.30. The van der Waals surface area contributed by atoms with Crippen molar-refractivity contribution in [3.8, 4) is 5.75 Å². The van der Waals surface area contributed by atoms with Crippen LogP contribution < -0.4 is 15.3 Å². The molecule has 0 fully saturated rings. The van der Waals surface area contributed by atoms with Crippen LogP contribution in [0.1, 0.15) is 5.56 Å². The Bertz CT molecular complexity index is 707. The van der Waals surface area contributed by atoms with Crippen LogP contribution in [0.2, 0.25) is 0 Å². The highest BCUT2D eigenvalue weighted by atomic mass is 31.1. The van der Waals surface area contributed by atoms with Crippen LogP contribution in [0.4, 0.5) is 22.0 Å². The predicted molar refractivity (Wildman–Crippen MR) is 77.5 cm³/mol. The average molecular weight is 350 g/mol. The van der Waals surface area contributed by atoms with Gasteiger partial charge >= 0.3 is 0 Å². The van der Waals surface area contributed by atoms with Crippen LogP contribution in [0.3, 0.4) is 0 Å². The Labute approximate surface area is 131 Å². The van der Waals surface area contributed by atoms with Crippen molar-refractivity contribution in [2.24, 2.45) is 0 Å². The number of aryl methyl sites for hydroxylation is 1. The van der Waals surface area contributed by atoms with Crippen LogP contribution in [0.25, 0.3) is 0 Å². The lowest BCUT2D eigenvalue weighted by molar-refractivity contribution is 0.0519. The van der Waals surface area contributed by atoms with Crippen molar-refractivity contribution in [2.45, 2.75) is 6.92 Å². The van der Waals surface area contributed by atoms with E-state index in [1.165, 1.54) is 7.11 Å². The van der Waals surface area contributed by atoms with E-state index in [0.717, 1.165) is 5.56 Å². The van der Waals surface area contributed by atoms with Crippen molar-refractivity contribution in [3.63, 3.8) is 0 Å². The topological polar surface area (TPSA) is 18.5 Å². The van der Waals surface area contributed by atoms with Crippen LogP contribution in [0.5, 0.6) is 5.75 Å². The summed E-state index contributed by atoms with van der Waals surface area (Å²) in [4.78, 5) is 0. The van der Waals surface area contributed by atoms with Gasteiger partial charge in [0.05, 0.1) is 5.30 Å².